The molecule has 3 aromatic carbocycles. The number of benzene rings is 3. The molecular formula is C37H38N4O8. The van der Waals surface area contributed by atoms with Gasteiger partial charge in [0.1, 0.15) is 13.2 Å². The van der Waals surface area contributed by atoms with Crippen molar-refractivity contribution in [3.8, 4) is 0 Å². The lowest BCUT2D eigenvalue weighted by Gasteiger charge is -2.36. The number of carbonyl (C=O) groups excluding carboxylic acids is 4. The lowest BCUT2D eigenvalue weighted by Crippen LogP contribution is -2.46. The molecule has 0 bridgehead atoms. The van der Waals surface area contributed by atoms with Gasteiger partial charge in [-0.05, 0) is 53.4 Å². The zero-order valence-electron chi connectivity index (χ0n) is 27.2. The average Bonchev–Trinajstić information content (AvgIpc) is 3.81. The smallest absolute Gasteiger partial charge is 0.414 e. The maximum absolute atomic E-state index is 14.3. The Kier molecular flexibility index (Phi) is 8.59. The van der Waals surface area contributed by atoms with Gasteiger partial charge in [-0.1, -0.05) is 55.5 Å². The Bertz CT molecular complexity index is 1830. The summed E-state index contributed by atoms with van der Waals surface area (Å²) in [7, 11) is 0. The third kappa shape index (κ3) is 5.80. The molecule has 7 rings (SSSR count). The molecular weight excluding hydrogens is 628 g/mol. The Morgan fingerprint density at radius 3 is 2.24 bits per heavy atom. The first-order valence-electron chi connectivity index (χ1n) is 16.5. The summed E-state index contributed by atoms with van der Waals surface area (Å²) in [5.74, 6) is -1.45. The summed E-state index contributed by atoms with van der Waals surface area (Å²) in [6, 6.07) is 19.9. The van der Waals surface area contributed by atoms with Crippen molar-refractivity contribution in [3.05, 3.63) is 101 Å². The van der Waals surface area contributed by atoms with Crippen LogP contribution in [0.2, 0.25) is 0 Å². The Balaban J connectivity index is 1.13. The molecule has 0 unspecified atom stereocenters. The van der Waals surface area contributed by atoms with E-state index in [-0.39, 0.29) is 38.1 Å². The van der Waals surface area contributed by atoms with E-state index in [0.29, 0.717) is 55.3 Å². The number of cyclic esters (lactones) is 2. The monoisotopic (exact) mass is 666 g/mol. The van der Waals surface area contributed by atoms with Crippen LogP contribution in [0.4, 0.5) is 26.7 Å². The highest BCUT2D eigenvalue weighted by Gasteiger charge is 2.53. The minimum absolute atomic E-state index is 0.0282. The maximum Gasteiger partial charge on any atom is 0.414 e. The number of anilines is 3. The predicted octanol–water partition coefficient (Wildman–Crippen LogP) is 3.86. The van der Waals surface area contributed by atoms with E-state index in [2.05, 4.69) is 0 Å². The Hall–Kier alpha value is -5.20. The summed E-state index contributed by atoms with van der Waals surface area (Å²) >= 11 is 0. The van der Waals surface area contributed by atoms with Gasteiger partial charge in [-0.15, -0.1) is 0 Å². The molecule has 0 aromatic heterocycles. The summed E-state index contributed by atoms with van der Waals surface area (Å²) in [6.45, 7) is 3.49. The molecule has 12 nitrogen and oxygen atoms in total. The van der Waals surface area contributed by atoms with Gasteiger partial charge in [0.25, 0.3) is 5.91 Å². The lowest BCUT2D eigenvalue weighted by molar-refractivity contribution is -0.139. The van der Waals surface area contributed by atoms with Crippen molar-refractivity contribution in [1.82, 2.24) is 4.90 Å². The number of nitrogens with zero attached hydrogens (tertiary/aromatic N) is 4. The number of rotatable bonds is 9. The molecule has 0 aliphatic carbocycles. The molecule has 49 heavy (non-hydrogen) atoms. The Morgan fingerprint density at radius 2 is 1.59 bits per heavy atom. The summed E-state index contributed by atoms with van der Waals surface area (Å²) in [6.07, 6.45) is 3.03. The van der Waals surface area contributed by atoms with E-state index in [1.54, 1.807) is 54.3 Å². The van der Waals surface area contributed by atoms with Gasteiger partial charge in [0.2, 0.25) is 5.91 Å². The number of aliphatic hydroxyl groups is 2. The highest BCUT2D eigenvalue weighted by molar-refractivity contribution is 6.08. The van der Waals surface area contributed by atoms with Crippen molar-refractivity contribution >= 4 is 41.1 Å². The summed E-state index contributed by atoms with van der Waals surface area (Å²) < 4.78 is 10.2. The van der Waals surface area contributed by atoms with Crippen LogP contribution in [-0.4, -0.2) is 78.1 Å². The van der Waals surface area contributed by atoms with Gasteiger partial charge < -0.3 is 29.5 Å². The van der Waals surface area contributed by atoms with E-state index in [1.165, 1.54) is 14.7 Å². The first-order chi connectivity index (χ1) is 23.7. The second-order valence-electron chi connectivity index (χ2n) is 12.8. The molecule has 4 aliphatic rings. The number of carbonyl (C=O) groups is 4. The van der Waals surface area contributed by atoms with Crippen LogP contribution in [0, 0.1) is 5.92 Å². The third-order valence-corrected chi connectivity index (χ3v) is 9.94. The number of hydrogen-bond donors (Lipinski definition) is 2. The topological polar surface area (TPSA) is 140 Å². The van der Waals surface area contributed by atoms with Crippen molar-refractivity contribution in [3.63, 3.8) is 0 Å². The van der Waals surface area contributed by atoms with Crippen LogP contribution < -0.4 is 14.7 Å². The Morgan fingerprint density at radius 1 is 0.939 bits per heavy atom. The van der Waals surface area contributed by atoms with Gasteiger partial charge in [-0.2, -0.15) is 0 Å². The summed E-state index contributed by atoms with van der Waals surface area (Å²) in [5.41, 5.74) is 2.99. The number of hydrogen-bond acceptors (Lipinski definition) is 8. The van der Waals surface area contributed by atoms with Crippen LogP contribution in [0.3, 0.4) is 0 Å². The van der Waals surface area contributed by atoms with Crippen molar-refractivity contribution in [2.45, 2.75) is 44.5 Å². The quantitative estimate of drug-likeness (QED) is 0.328. The van der Waals surface area contributed by atoms with Crippen LogP contribution in [0.25, 0.3) is 0 Å². The molecule has 12 heteroatoms. The van der Waals surface area contributed by atoms with Gasteiger partial charge in [0.05, 0.1) is 38.0 Å². The second kappa shape index (κ2) is 13.0. The van der Waals surface area contributed by atoms with Gasteiger partial charge in [0.15, 0.2) is 5.60 Å². The second-order valence-corrected chi connectivity index (χ2v) is 12.8. The fraction of sp³-hybridized carbons (Fsp3) is 0.351. The van der Waals surface area contributed by atoms with Gasteiger partial charge in [-0.3, -0.25) is 19.4 Å². The standard InChI is InChI=1S/C37H38N4O8/c1-24(5-4-8-33(43)40-22-27-7-3-2-6-26(27)19-30(40)23-42)37(47)31-20-29(39-16-18-49-36(39)46)13-14-32(31)41(34(37)44)21-25-9-11-28(12-10-25)38-15-17-48-35(38)45/h2-7,9-14,20,24,30,42,47H,8,15-19,21-23H2,1H3/b5-4+/t24-,30-,37+/m0/s1. The minimum Gasteiger partial charge on any atom is -0.447 e. The first kappa shape index (κ1) is 32.4. The number of amides is 4. The predicted molar refractivity (Wildman–Crippen MR) is 180 cm³/mol. The molecule has 0 radical (unpaired) electrons. The van der Waals surface area contributed by atoms with Crippen molar-refractivity contribution in [2.75, 3.05) is 47.6 Å². The molecule has 4 heterocycles. The molecule has 3 aromatic rings. The molecule has 2 saturated heterocycles. The maximum atomic E-state index is 14.3. The fourth-order valence-corrected chi connectivity index (χ4v) is 7.15. The highest BCUT2D eigenvalue weighted by atomic mass is 16.6. The minimum atomic E-state index is -1.99. The van der Waals surface area contributed by atoms with E-state index in [1.807, 2.05) is 36.4 Å². The third-order valence-electron chi connectivity index (χ3n) is 9.94. The summed E-state index contributed by atoms with van der Waals surface area (Å²) in [5, 5.41) is 22.3. The first-order valence-corrected chi connectivity index (χ1v) is 16.5. The van der Waals surface area contributed by atoms with E-state index in [0.717, 1.165) is 16.7 Å². The summed E-state index contributed by atoms with van der Waals surface area (Å²) in [4.78, 5) is 58.2. The van der Waals surface area contributed by atoms with Gasteiger partial charge in [0, 0.05) is 35.8 Å². The molecule has 0 saturated carbocycles. The number of ether oxygens (including phenoxy) is 2. The Labute approximate surface area is 283 Å². The zero-order valence-corrected chi connectivity index (χ0v) is 27.2. The molecule has 0 spiro atoms. The van der Waals surface area contributed by atoms with Crippen LogP contribution in [0.15, 0.2) is 78.9 Å². The highest BCUT2D eigenvalue weighted by Crippen LogP contribution is 2.47. The van der Waals surface area contributed by atoms with E-state index >= 15 is 0 Å². The van der Waals surface area contributed by atoms with Gasteiger partial charge in [-0.25, -0.2) is 9.59 Å². The SMILES string of the molecule is C[C@@H](/C=C/CC(=O)N1Cc2ccccc2C[C@H]1CO)[C@]1(O)C(=O)N(Cc2ccc(N3CCOC3=O)cc2)c2ccc(N3CCOC3=O)cc21. The number of fused-ring (bicyclic) bond motifs is 2. The number of aliphatic hydroxyl groups excluding tert-OH is 1. The van der Waals surface area contributed by atoms with E-state index < -0.39 is 29.6 Å². The molecule has 3 atom stereocenters. The fourth-order valence-electron chi connectivity index (χ4n) is 7.15. The molecule has 2 fully saturated rings. The van der Waals surface area contributed by atoms with Crippen molar-refractivity contribution in [2.24, 2.45) is 5.92 Å². The van der Waals surface area contributed by atoms with E-state index in [9.17, 15) is 29.4 Å². The van der Waals surface area contributed by atoms with Crippen LogP contribution in [-0.2, 0) is 44.2 Å². The zero-order chi connectivity index (χ0) is 34.3. The molecule has 2 N–H and O–H groups in total. The lowest BCUT2D eigenvalue weighted by atomic mass is 9.82. The van der Waals surface area contributed by atoms with Gasteiger partial charge >= 0.3 is 12.2 Å². The van der Waals surface area contributed by atoms with Crippen LogP contribution in [0.1, 0.15) is 35.6 Å². The van der Waals surface area contributed by atoms with Crippen LogP contribution >= 0.6 is 0 Å². The largest absolute Gasteiger partial charge is 0.447 e. The van der Waals surface area contributed by atoms with E-state index in [4.69, 9.17) is 9.47 Å². The molecule has 4 amide bonds. The normalized spacial score (nSPS) is 22.4. The average molecular weight is 667 g/mol. The molecule has 4 aliphatic heterocycles. The van der Waals surface area contributed by atoms with Crippen molar-refractivity contribution < 1.29 is 38.9 Å². The molecule has 254 valence electrons. The van der Waals surface area contributed by atoms with Crippen LogP contribution in [0.5, 0.6) is 0 Å². The van der Waals surface area contributed by atoms with Crippen molar-refractivity contribution in [1.29, 1.82) is 0 Å².